The molecule has 0 atom stereocenters. The number of anilines is 3. The van der Waals surface area contributed by atoms with Crippen molar-refractivity contribution in [2.24, 2.45) is 0 Å². The zero-order valence-electron chi connectivity index (χ0n) is 21.6. The molecule has 0 aliphatic rings. The second-order valence-corrected chi connectivity index (χ2v) is 10.7. The topological polar surface area (TPSA) is 94.5 Å². The first-order valence-corrected chi connectivity index (χ1v) is 11.9. The Labute approximate surface area is 216 Å². The fourth-order valence-corrected chi connectivity index (χ4v) is 3.38. The molecule has 0 radical (unpaired) electrons. The summed E-state index contributed by atoms with van der Waals surface area (Å²) in [7, 11) is 0. The highest BCUT2D eigenvalue weighted by molar-refractivity contribution is 6.28. The molecule has 0 unspecified atom stereocenters. The van der Waals surface area contributed by atoms with Crippen LogP contribution in [0, 0.1) is 0 Å². The molecule has 0 fully saturated rings. The Kier molecular flexibility index (Phi) is 7.69. The number of rotatable bonds is 6. The van der Waals surface area contributed by atoms with E-state index in [0.717, 1.165) is 11.4 Å². The van der Waals surface area contributed by atoms with E-state index in [0.29, 0.717) is 0 Å². The molecule has 190 valence electrons. The standard InChI is InChI=1S/C27H31ClN4O4/c1-25(2,3)35-21(33)27(7,22(34)36-26(4,5)6)20-29-23(28)31-24(30-20)32(18-14-10-8-11-15-18)19-16-12-9-13-17-19/h8-17H,1-7H3. The van der Waals surface area contributed by atoms with E-state index in [-0.39, 0.29) is 17.1 Å². The van der Waals surface area contributed by atoms with Gasteiger partial charge in [0, 0.05) is 11.4 Å². The number of halogens is 1. The Morgan fingerprint density at radius 2 is 1.11 bits per heavy atom. The molecular weight excluding hydrogens is 480 g/mol. The van der Waals surface area contributed by atoms with Gasteiger partial charge in [-0.3, -0.25) is 14.5 Å². The maximum absolute atomic E-state index is 13.5. The van der Waals surface area contributed by atoms with E-state index < -0.39 is 28.6 Å². The lowest BCUT2D eigenvalue weighted by Crippen LogP contribution is -2.49. The molecule has 1 heterocycles. The van der Waals surface area contributed by atoms with Gasteiger partial charge in [0.05, 0.1) is 0 Å². The van der Waals surface area contributed by atoms with Crippen LogP contribution in [0.1, 0.15) is 54.3 Å². The van der Waals surface area contributed by atoms with Gasteiger partial charge in [0.15, 0.2) is 5.82 Å². The Hall–Kier alpha value is -3.52. The van der Waals surface area contributed by atoms with Gasteiger partial charge in [0.1, 0.15) is 11.2 Å². The number of aromatic nitrogens is 3. The molecule has 2 aromatic carbocycles. The van der Waals surface area contributed by atoms with Crippen LogP contribution in [-0.2, 0) is 24.5 Å². The largest absolute Gasteiger partial charge is 0.459 e. The second-order valence-electron chi connectivity index (χ2n) is 10.4. The molecule has 0 saturated carbocycles. The normalized spacial score (nSPS) is 12.1. The summed E-state index contributed by atoms with van der Waals surface area (Å²) in [6.45, 7) is 11.6. The number of hydrogen-bond donors (Lipinski definition) is 0. The van der Waals surface area contributed by atoms with Crippen LogP contribution in [0.15, 0.2) is 60.7 Å². The Bertz CT molecular complexity index is 1150. The molecule has 0 amide bonds. The minimum Gasteiger partial charge on any atom is -0.459 e. The average molecular weight is 511 g/mol. The SMILES string of the molecule is CC(C)(C)OC(=O)C(C)(C(=O)OC(C)(C)C)c1nc(Cl)nc(N(c2ccccc2)c2ccccc2)n1. The second kappa shape index (κ2) is 10.2. The highest BCUT2D eigenvalue weighted by Gasteiger charge is 2.52. The maximum atomic E-state index is 13.5. The van der Waals surface area contributed by atoms with Gasteiger partial charge < -0.3 is 9.47 Å². The lowest BCUT2D eigenvalue weighted by atomic mass is 9.89. The van der Waals surface area contributed by atoms with E-state index in [1.165, 1.54) is 6.92 Å². The molecule has 0 N–H and O–H groups in total. The van der Waals surface area contributed by atoms with Gasteiger partial charge in [-0.1, -0.05) is 36.4 Å². The van der Waals surface area contributed by atoms with Crippen molar-refractivity contribution in [2.45, 2.75) is 65.1 Å². The zero-order valence-corrected chi connectivity index (χ0v) is 22.3. The van der Waals surface area contributed by atoms with E-state index in [4.69, 9.17) is 21.1 Å². The summed E-state index contributed by atoms with van der Waals surface area (Å²) in [4.78, 5) is 41.8. The number of esters is 2. The number of ether oxygens (including phenoxy) is 2. The van der Waals surface area contributed by atoms with Crippen molar-refractivity contribution in [3.05, 3.63) is 71.8 Å². The number of hydrogen-bond acceptors (Lipinski definition) is 8. The number of nitrogens with zero attached hydrogens (tertiary/aromatic N) is 4. The van der Waals surface area contributed by atoms with Crippen LogP contribution in [0.25, 0.3) is 0 Å². The summed E-state index contributed by atoms with van der Waals surface area (Å²) in [5, 5.41) is -0.190. The first-order chi connectivity index (χ1) is 16.7. The summed E-state index contributed by atoms with van der Waals surface area (Å²) in [6, 6.07) is 18.8. The fraction of sp³-hybridized carbons (Fsp3) is 0.370. The first-order valence-electron chi connectivity index (χ1n) is 11.5. The molecule has 0 spiro atoms. The van der Waals surface area contributed by atoms with Crippen LogP contribution >= 0.6 is 11.6 Å². The van der Waals surface area contributed by atoms with Gasteiger partial charge in [-0.2, -0.15) is 9.97 Å². The zero-order chi connectivity index (χ0) is 26.7. The van der Waals surface area contributed by atoms with E-state index >= 15 is 0 Å². The van der Waals surface area contributed by atoms with Gasteiger partial charge >= 0.3 is 11.9 Å². The van der Waals surface area contributed by atoms with Gasteiger partial charge in [-0.25, -0.2) is 4.98 Å². The first kappa shape index (κ1) is 27.1. The van der Waals surface area contributed by atoms with Gasteiger partial charge in [-0.15, -0.1) is 0 Å². The van der Waals surface area contributed by atoms with Crippen molar-refractivity contribution < 1.29 is 19.1 Å². The third kappa shape index (κ3) is 6.37. The Morgan fingerprint density at radius 1 is 0.694 bits per heavy atom. The van der Waals surface area contributed by atoms with Crippen molar-refractivity contribution in [3.8, 4) is 0 Å². The minimum atomic E-state index is -2.01. The van der Waals surface area contributed by atoms with Crippen molar-refractivity contribution >= 4 is 40.9 Å². The molecule has 9 heteroatoms. The number of carbonyl (C=O) groups is 2. The molecular formula is C27H31ClN4O4. The van der Waals surface area contributed by atoms with Gasteiger partial charge in [0.25, 0.3) is 0 Å². The third-order valence-electron chi connectivity index (χ3n) is 4.89. The van der Waals surface area contributed by atoms with Crippen molar-refractivity contribution in [1.82, 2.24) is 15.0 Å². The summed E-state index contributed by atoms with van der Waals surface area (Å²) in [5.41, 5.74) is -2.28. The van der Waals surface area contributed by atoms with Crippen LogP contribution in [0.3, 0.4) is 0 Å². The van der Waals surface area contributed by atoms with Crippen LogP contribution in [-0.4, -0.2) is 38.1 Å². The lowest BCUT2D eigenvalue weighted by molar-refractivity contribution is -0.177. The molecule has 0 aliphatic carbocycles. The van der Waals surface area contributed by atoms with E-state index in [1.807, 2.05) is 60.7 Å². The Morgan fingerprint density at radius 3 is 1.50 bits per heavy atom. The van der Waals surface area contributed by atoms with Crippen LogP contribution in [0.4, 0.5) is 17.3 Å². The summed E-state index contributed by atoms with van der Waals surface area (Å²) >= 11 is 6.36. The molecule has 0 bridgehead atoms. The predicted molar refractivity (Wildman–Crippen MR) is 139 cm³/mol. The molecule has 3 rings (SSSR count). The summed E-state index contributed by atoms with van der Waals surface area (Å²) in [5.74, 6) is -1.77. The summed E-state index contributed by atoms with van der Waals surface area (Å²) in [6.07, 6.45) is 0. The van der Waals surface area contributed by atoms with Crippen molar-refractivity contribution in [1.29, 1.82) is 0 Å². The molecule has 36 heavy (non-hydrogen) atoms. The minimum absolute atomic E-state index is 0.126. The average Bonchev–Trinajstić information content (AvgIpc) is 2.77. The monoisotopic (exact) mass is 510 g/mol. The Balaban J connectivity index is 2.23. The van der Waals surface area contributed by atoms with E-state index in [1.54, 1.807) is 46.4 Å². The fourth-order valence-electron chi connectivity index (χ4n) is 3.22. The lowest BCUT2D eigenvalue weighted by Gasteiger charge is -2.32. The molecule has 0 saturated heterocycles. The van der Waals surface area contributed by atoms with Crippen LogP contribution in [0.5, 0.6) is 0 Å². The van der Waals surface area contributed by atoms with E-state index in [2.05, 4.69) is 15.0 Å². The van der Waals surface area contributed by atoms with Gasteiger partial charge in [0.2, 0.25) is 16.6 Å². The smallest absolute Gasteiger partial charge is 0.331 e. The maximum Gasteiger partial charge on any atom is 0.331 e. The molecule has 0 aliphatic heterocycles. The third-order valence-corrected chi connectivity index (χ3v) is 5.06. The van der Waals surface area contributed by atoms with E-state index in [9.17, 15) is 9.59 Å². The number of para-hydroxylation sites is 2. The van der Waals surface area contributed by atoms with Crippen LogP contribution < -0.4 is 4.90 Å². The highest BCUT2D eigenvalue weighted by atomic mass is 35.5. The highest BCUT2D eigenvalue weighted by Crippen LogP contribution is 2.35. The summed E-state index contributed by atoms with van der Waals surface area (Å²) < 4.78 is 11.2. The molecule has 8 nitrogen and oxygen atoms in total. The quantitative estimate of drug-likeness (QED) is 0.297. The molecule has 3 aromatic rings. The predicted octanol–water partition coefficient (Wildman–Crippen LogP) is 5.94. The number of benzene rings is 2. The van der Waals surface area contributed by atoms with Crippen molar-refractivity contribution in [2.75, 3.05) is 4.90 Å². The van der Waals surface area contributed by atoms with Crippen LogP contribution in [0.2, 0.25) is 5.28 Å². The molecule has 1 aromatic heterocycles. The van der Waals surface area contributed by atoms with Crippen molar-refractivity contribution in [3.63, 3.8) is 0 Å². The number of carbonyl (C=O) groups excluding carboxylic acids is 2. The van der Waals surface area contributed by atoms with Gasteiger partial charge in [-0.05, 0) is 84.3 Å².